The number of carbonyl (C=O) groups is 1. The van der Waals surface area contributed by atoms with E-state index in [0.29, 0.717) is 26.1 Å². The fraction of sp³-hybridized carbons (Fsp3) is 0.786. The highest BCUT2D eigenvalue weighted by Crippen LogP contribution is 2.07. The van der Waals surface area contributed by atoms with E-state index in [1.165, 1.54) is 4.90 Å². The molecule has 0 aromatic carbocycles. The molecule has 0 saturated heterocycles. The van der Waals surface area contributed by atoms with Gasteiger partial charge in [-0.25, -0.2) is 18.2 Å². The van der Waals surface area contributed by atoms with Crippen LogP contribution in [0.2, 0.25) is 0 Å². The van der Waals surface area contributed by atoms with Crippen LogP contribution in [0.1, 0.15) is 40.5 Å². The van der Waals surface area contributed by atoms with Gasteiger partial charge in [0.1, 0.15) is 6.33 Å². The predicted molar refractivity (Wildman–Crippen MR) is 86.1 cm³/mol. The third kappa shape index (κ3) is 5.91. The minimum Gasteiger partial charge on any atom is -0.377 e. The molecule has 0 N–H and O–H groups in total. The van der Waals surface area contributed by atoms with Gasteiger partial charge in [-0.3, -0.25) is 0 Å². The molecular formula is C14H26N4O4S. The highest BCUT2D eigenvalue weighted by atomic mass is 32.2. The number of ether oxygens (including phenoxy) is 1. The van der Waals surface area contributed by atoms with E-state index in [-0.39, 0.29) is 17.0 Å². The van der Waals surface area contributed by atoms with Crippen LogP contribution in [0.5, 0.6) is 0 Å². The van der Waals surface area contributed by atoms with E-state index in [9.17, 15) is 13.2 Å². The lowest BCUT2D eigenvalue weighted by Gasteiger charge is -2.20. The molecule has 0 aliphatic rings. The molecule has 0 atom stereocenters. The van der Waals surface area contributed by atoms with Gasteiger partial charge in [0.05, 0.1) is 18.5 Å². The molecule has 1 aromatic rings. The summed E-state index contributed by atoms with van der Waals surface area (Å²) < 4.78 is 30.5. The number of hydrogen-bond acceptors (Lipinski definition) is 6. The number of rotatable bonds is 9. The zero-order valence-corrected chi connectivity index (χ0v) is 15.0. The van der Waals surface area contributed by atoms with Crippen LogP contribution < -0.4 is 0 Å². The lowest BCUT2D eigenvalue weighted by atomic mass is 10.4. The number of sulfone groups is 1. The third-order valence-electron chi connectivity index (χ3n) is 3.18. The SMILES string of the molecule is CCCCS(=O)(=O)c1ncn(C(=O)N(CC)CCOC(C)C)n1. The van der Waals surface area contributed by atoms with E-state index in [1.807, 2.05) is 27.7 Å². The van der Waals surface area contributed by atoms with Crippen LogP contribution >= 0.6 is 0 Å². The topological polar surface area (TPSA) is 94.4 Å². The molecule has 0 bridgehead atoms. The standard InChI is InChI=1S/C14H26N4O4S/c1-5-7-10-23(20,21)13-15-11-18(16-13)14(19)17(6-2)8-9-22-12(3)4/h11-12H,5-10H2,1-4H3. The van der Waals surface area contributed by atoms with Crippen molar-refractivity contribution in [2.45, 2.75) is 51.8 Å². The van der Waals surface area contributed by atoms with Crippen molar-refractivity contribution in [1.82, 2.24) is 19.7 Å². The molecule has 23 heavy (non-hydrogen) atoms. The van der Waals surface area contributed by atoms with E-state index in [4.69, 9.17) is 4.74 Å². The van der Waals surface area contributed by atoms with Gasteiger partial charge in [-0.15, -0.1) is 5.10 Å². The highest BCUT2D eigenvalue weighted by molar-refractivity contribution is 7.91. The summed E-state index contributed by atoms with van der Waals surface area (Å²) in [5.74, 6) is -0.0125. The first kappa shape index (κ1) is 19.6. The normalized spacial score (nSPS) is 11.9. The Kier molecular flexibility index (Phi) is 7.63. The molecular weight excluding hydrogens is 320 g/mol. The minimum absolute atomic E-state index is 0.0125. The van der Waals surface area contributed by atoms with E-state index in [2.05, 4.69) is 10.1 Å². The first-order valence-electron chi connectivity index (χ1n) is 7.87. The average molecular weight is 346 g/mol. The maximum atomic E-state index is 12.3. The van der Waals surface area contributed by atoms with Crippen LogP contribution in [0, 0.1) is 0 Å². The molecule has 0 radical (unpaired) electrons. The fourth-order valence-electron chi connectivity index (χ4n) is 1.84. The molecule has 0 fully saturated rings. The molecule has 0 unspecified atom stereocenters. The summed E-state index contributed by atoms with van der Waals surface area (Å²) in [4.78, 5) is 17.6. The van der Waals surface area contributed by atoms with Crippen molar-refractivity contribution in [3.05, 3.63) is 6.33 Å². The second kappa shape index (κ2) is 8.97. The van der Waals surface area contributed by atoms with Crippen molar-refractivity contribution in [2.75, 3.05) is 25.4 Å². The first-order chi connectivity index (χ1) is 10.8. The van der Waals surface area contributed by atoms with Crippen LogP contribution in [-0.2, 0) is 14.6 Å². The lowest BCUT2D eigenvalue weighted by Crippen LogP contribution is -2.37. The zero-order valence-electron chi connectivity index (χ0n) is 14.2. The van der Waals surface area contributed by atoms with Crippen molar-refractivity contribution in [3.63, 3.8) is 0 Å². The molecule has 0 aliphatic carbocycles. The Morgan fingerprint density at radius 2 is 2.09 bits per heavy atom. The second-order valence-electron chi connectivity index (χ2n) is 5.43. The number of likely N-dealkylation sites (N-methyl/N-ethyl adjacent to an activating group) is 1. The summed E-state index contributed by atoms with van der Waals surface area (Å²) >= 11 is 0. The van der Waals surface area contributed by atoms with Gasteiger partial charge in [-0.05, 0) is 27.2 Å². The van der Waals surface area contributed by atoms with Gasteiger partial charge in [0.2, 0.25) is 9.84 Å². The molecule has 1 amide bonds. The summed E-state index contributed by atoms with van der Waals surface area (Å²) in [7, 11) is -3.53. The molecule has 0 saturated carbocycles. The van der Waals surface area contributed by atoms with Gasteiger partial charge in [-0.1, -0.05) is 13.3 Å². The lowest BCUT2D eigenvalue weighted by molar-refractivity contribution is 0.0651. The van der Waals surface area contributed by atoms with Crippen LogP contribution in [-0.4, -0.2) is 65.7 Å². The largest absolute Gasteiger partial charge is 0.377 e. The van der Waals surface area contributed by atoms with Gasteiger partial charge >= 0.3 is 6.03 Å². The smallest absolute Gasteiger partial charge is 0.346 e. The number of carbonyl (C=O) groups excluding carboxylic acids is 1. The molecule has 9 heteroatoms. The number of hydrogen-bond donors (Lipinski definition) is 0. The van der Waals surface area contributed by atoms with Gasteiger partial charge in [0.15, 0.2) is 0 Å². The maximum Gasteiger partial charge on any atom is 0.346 e. The third-order valence-corrected chi connectivity index (χ3v) is 4.75. The number of unbranched alkanes of at least 4 members (excludes halogenated alkanes) is 1. The summed E-state index contributed by atoms with van der Waals surface area (Å²) in [6.07, 6.45) is 2.54. The molecule has 1 rings (SSSR count). The summed E-state index contributed by atoms with van der Waals surface area (Å²) in [5.41, 5.74) is 0. The van der Waals surface area contributed by atoms with Crippen molar-refractivity contribution in [3.8, 4) is 0 Å². The summed E-state index contributed by atoms with van der Waals surface area (Å²) in [6, 6.07) is -0.413. The molecule has 132 valence electrons. The van der Waals surface area contributed by atoms with Crippen molar-refractivity contribution in [1.29, 1.82) is 0 Å². The maximum absolute atomic E-state index is 12.3. The Hall–Kier alpha value is -1.48. The summed E-state index contributed by atoms with van der Waals surface area (Å²) in [6.45, 7) is 8.87. The highest BCUT2D eigenvalue weighted by Gasteiger charge is 2.22. The van der Waals surface area contributed by atoms with Crippen LogP contribution in [0.3, 0.4) is 0 Å². The summed E-state index contributed by atoms with van der Waals surface area (Å²) in [5, 5.41) is 3.53. The number of nitrogens with zero attached hydrogens (tertiary/aromatic N) is 4. The fourth-order valence-corrected chi connectivity index (χ4v) is 3.11. The monoisotopic (exact) mass is 346 g/mol. The molecule has 8 nitrogen and oxygen atoms in total. The van der Waals surface area contributed by atoms with Gasteiger partial charge in [0, 0.05) is 13.1 Å². The minimum atomic E-state index is -3.53. The Balaban J connectivity index is 2.76. The Morgan fingerprint density at radius 1 is 1.39 bits per heavy atom. The molecule has 0 spiro atoms. The average Bonchev–Trinajstić information content (AvgIpc) is 2.99. The van der Waals surface area contributed by atoms with E-state index in [0.717, 1.165) is 17.4 Å². The van der Waals surface area contributed by atoms with Crippen molar-refractivity contribution < 1.29 is 17.9 Å². The Morgan fingerprint density at radius 3 is 2.65 bits per heavy atom. The number of amides is 1. The van der Waals surface area contributed by atoms with Crippen LogP contribution in [0.25, 0.3) is 0 Å². The van der Waals surface area contributed by atoms with Crippen LogP contribution in [0.4, 0.5) is 4.79 Å². The van der Waals surface area contributed by atoms with Gasteiger partial charge in [-0.2, -0.15) is 4.68 Å². The first-order valence-corrected chi connectivity index (χ1v) is 9.52. The van der Waals surface area contributed by atoms with Crippen LogP contribution in [0.15, 0.2) is 11.5 Å². The van der Waals surface area contributed by atoms with E-state index >= 15 is 0 Å². The second-order valence-corrected chi connectivity index (χ2v) is 7.43. The van der Waals surface area contributed by atoms with Gasteiger partial charge < -0.3 is 9.64 Å². The quantitative estimate of drug-likeness (QED) is 0.673. The van der Waals surface area contributed by atoms with Crippen molar-refractivity contribution in [2.24, 2.45) is 0 Å². The van der Waals surface area contributed by atoms with Gasteiger partial charge in [0.25, 0.3) is 5.16 Å². The zero-order chi connectivity index (χ0) is 17.5. The van der Waals surface area contributed by atoms with E-state index < -0.39 is 15.9 Å². The van der Waals surface area contributed by atoms with E-state index in [1.54, 1.807) is 0 Å². The molecule has 1 aromatic heterocycles. The number of aromatic nitrogens is 3. The molecule has 0 aliphatic heterocycles. The Bertz CT molecular complexity index is 598. The molecule has 1 heterocycles. The predicted octanol–water partition coefficient (Wildman–Crippen LogP) is 1.57. The Labute approximate surface area is 137 Å². The van der Waals surface area contributed by atoms with Crippen molar-refractivity contribution >= 4 is 15.9 Å².